The Bertz CT molecular complexity index is 735. The monoisotopic (exact) mass is 400 g/mol. The van der Waals surface area contributed by atoms with Crippen molar-refractivity contribution in [2.24, 2.45) is 0 Å². The number of halogens is 3. The Hall–Kier alpha value is -2.15. The molecule has 7 heteroatoms. The molecule has 2 rings (SSSR count). The van der Waals surface area contributed by atoms with Crippen LogP contribution in [0.1, 0.15) is 23.1 Å². The minimum absolute atomic E-state index is 0.0590. The molecular formula is C17H15BrF2O4. The molecule has 2 aromatic carbocycles. The molecule has 0 spiro atoms. The number of alkyl halides is 2. The molecule has 0 amide bonds. The molecule has 0 bridgehead atoms. The summed E-state index contributed by atoms with van der Waals surface area (Å²) in [6.07, 6.45) is -3.53. The predicted molar refractivity (Wildman–Crippen MR) is 87.6 cm³/mol. The number of rotatable bonds is 5. The van der Waals surface area contributed by atoms with E-state index in [0.717, 1.165) is 0 Å². The standard InChI is InChI=1S/C17H15BrF2O4/c1-10-6-7-14(11(8-10)16(19)20)23-9-12-13(18)4-3-5-15(12)24-17(21)22-2/h3-8,16H,9H2,1-2H3. The van der Waals surface area contributed by atoms with E-state index in [1.807, 2.05) is 0 Å². The zero-order valence-corrected chi connectivity index (χ0v) is 14.6. The van der Waals surface area contributed by atoms with Gasteiger partial charge in [-0.1, -0.05) is 33.6 Å². The van der Waals surface area contributed by atoms with E-state index in [1.165, 1.54) is 19.2 Å². The van der Waals surface area contributed by atoms with Gasteiger partial charge in [0.05, 0.1) is 12.7 Å². The van der Waals surface area contributed by atoms with E-state index in [4.69, 9.17) is 9.47 Å². The van der Waals surface area contributed by atoms with Crippen LogP contribution < -0.4 is 9.47 Å². The maximum atomic E-state index is 13.1. The fourth-order valence-electron chi connectivity index (χ4n) is 2.03. The van der Waals surface area contributed by atoms with E-state index in [2.05, 4.69) is 20.7 Å². The number of hydrogen-bond acceptors (Lipinski definition) is 4. The van der Waals surface area contributed by atoms with Crippen molar-refractivity contribution in [2.45, 2.75) is 20.0 Å². The molecular weight excluding hydrogens is 386 g/mol. The second kappa shape index (κ2) is 8.10. The van der Waals surface area contributed by atoms with Crippen molar-refractivity contribution >= 4 is 22.1 Å². The SMILES string of the molecule is COC(=O)Oc1cccc(Br)c1COc1ccc(C)cc1C(F)F. The van der Waals surface area contributed by atoms with Gasteiger partial charge in [0.15, 0.2) is 0 Å². The van der Waals surface area contributed by atoms with Crippen LogP contribution in [0.25, 0.3) is 0 Å². The molecule has 4 nitrogen and oxygen atoms in total. The van der Waals surface area contributed by atoms with Crippen LogP contribution in [-0.2, 0) is 11.3 Å². The lowest BCUT2D eigenvalue weighted by atomic mass is 10.1. The van der Waals surface area contributed by atoms with Gasteiger partial charge in [-0.05, 0) is 31.2 Å². The van der Waals surface area contributed by atoms with Gasteiger partial charge < -0.3 is 14.2 Å². The van der Waals surface area contributed by atoms with Crippen molar-refractivity contribution in [1.29, 1.82) is 0 Å². The van der Waals surface area contributed by atoms with Crippen LogP contribution in [0.2, 0.25) is 0 Å². The van der Waals surface area contributed by atoms with Crippen LogP contribution in [0.3, 0.4) is 0 Å². The Morgan fingerprint density at radius 1 is 1.21 bits per heavy atom. The summed E-state index contributed by atoms with van der Waals surface area (Å²) >= 11 is 3.33. The average molecular weight is 401 g/mol. The average Bonchev–Trinajstić information content (AvgIpc) is 2.55. The topological polar surface area (TPSA) is 44.8 Å². The van der Waals surface area contributed by atoms with Gasteiger partial charge in [0.1, 0.15) is 18.1 Å². The van der Waals surface area contributed by atoms with E-state index in [0.29, 0.717) is 15.6 Å². The zero-order valence-electron chi connectivity index (χ0n) is 13.0. The van der Waals surface area contributed by atoms with Crippen LogP contribution in [0, 0.1) is 6.92 Å². The van der Waals surface area contributed by atoms with Gasteiger partial charge in [-0.15, -0.1) is 0 Å². The molecule has 0 aliphatic heterocycles. The molecule has 0 saturated heterocycles. The Morgan fingerprint density at radius 3 is 2.62 bits per heavy atom. The Labute approximate surface area is 146 Å². The first-order valence-corrected chi connectivity index (χ1v) is 7.76. The lowest BCUT2D eigenvalue weighted by Crippen LogP contribution is -2.10. The van der Waals surface area contributed by atoms with Crippen LogP contribution >= 0.6 is 15.9 Å². The molecule has 0 aliphatic rings. The van der Waals surface area contributed by atoms with E-state index in [9.17, 15) is 13.6 Å². The molecule has 0 aromatic heterocycles. The fraction of sp³-hybridized carbons (Fsp3) is 0.235. The summed E-state index contributed by atoms with van der Waals surface area (Å²) in [4.78, 5) is 11.3. The smallest absolute Gasteiger partial charge is 0.488 e. The van der Waals surface area contributed by atoms with E-state index in [-0.39, 0.29) is 23.7 Å². The second-order valence-electron chi connectivity index (χ2n) is 4.90. The lowest BCUT2D eigenvalue weighted by molar-refractivity contribution is 0.120. The summed E-state index contributed by atoms with van der Waals surface area (Å²) in [5.74, 6) is 0.303. The summed E-state index contributed by atoms with van der Waals surface area (Å²) in [5, 5.41) is 0. The molecule has 2 aromatic rings. The number of ether oxygens (including phenoxy) is 3. The van der Waals surface area contributed by atoms with Crippen molar-refractivity contribution in [3.05, 3.63) is 57.6 Å². The van der Waals surface area contributed by atoms with Crippen LogP contribution in [-0.4, -0.2) is 13.3 Å². The zero-order chi connectivity index (χ0) is 17.7. The highest BCUT2D eigenvalue weighted by Crippen LogP contribution is 2.33. The number of aryl methyl sites for hydroxylation is 1. The largest absolute Gasteiger partial charge is 0.513 e. The summed E-state index contributed by atoms with van der Waals surface area (Å²) < 4.78 is 41.9. The summed E-state index contributed by atoms with van der Waals surface area (Å²) in [7, 11) is 1.19. The van der Waals surface area contributed by atoms with Crippen molar-refractivity contribution < 1.29 is 27.8 Å². The quantitative estimate of drug-likeness (QED) is 0.496. The van der Waals surface area contributed by atoms with Crippen molar-refractivity contribution in [3.8, 4) is 11.5 Å². The number of carbonyl (C=O) groups is 1. The first kappa shape index (κ1) is 18.2. The summed E-state index contributed by atoms with van der Waals surface area (Å²) in [6, 6.07) is 9.52. The number of hydrogen-bond donors (Lipinski definition) is 0. The van der Waals surface area contributed by atoms with Crippen LogP contribution in [0.4, 0.5) is 13.6 Å². The first-order chi connectivity index (χ1) is 11.4. The second-order valence-corrected chi connectivity index (χ2v) is 5.76. The van der Waals surface area contributed by atoms with Gasteiger partial charge in [-0.3, -0.25) is 0 Å². The van der Waals surface area contributed by atoms with Gasteiger partial charge in [0.25, 0.3) is 6.43 Å². The molecule has 0 fully saturated rings. The highest BCUT2D eigenvalue weighted by molar-refractivity contribution is 9.10. The molecule has 0 unspecified atom stereocenters. The van der Waals surface area contributed by atoms with Gasteiger partial charge >= 0.3 is 6.16 Å². The fourth-order valence-corrected chi connectivity index (χ4v) is 2.49. The van der Waals surface area contributed by atoms with Gasteiger partial charge in [-0.2, -0.15) is 0 Å². The minimum Gasteiger partial charge on any atom is -0.488 e. The predicted octanol–water partition coefficient (Wildman–Crippen LogP) is 5.42. The Kier molecular flexibility index (Phi) is 6.14. The van der Waals surface area contributed by atoms with Crippen LogP contribution in [0.5, 0.6) is 11.5 Å². The summed E-state index contributed by atoms with van der Waals surface area (Å²) in [5.41, 5.74) is 1.04. The van der Waals surface area contributed by atoms with Gasteiger partial charge in [-0.25, -0.2) is 13.6 Å². The molecule has 0 saturated carbocycles. The van der Waals surface area contributed by atoms with E-state index < -0.39 is 12.6 Å². The maximum Gasteiger partial charge on any atom is 0.513 e. The number of methoxy groups -OCH3 is 1. The highest BCUT2D eigenvalue weighted by atomic mass is 79.9. The van der Waals surface area contributed by atoms with E-state index in [1.54, 1.807) is 31.2 Å². The van der Waals surface area contributed by atoms with Crippen molar-refractivity contribution in [2.75, 3.05) is 7.11 Å². The molecule has 128 valence electrons. The highest BCUT2D eigenvalue weighted by Gasteiger charge is 2.17. The Morgan fingerprint density at radius 2 is 1.96 bits per heavy atom. The number of benzene rings is 2. The molecule has 24 heavy (non-hydrogen) atoms. The molecule has 0 aliphatic carbocycles. The third-order valence-electron chi connectivity index (χ3n) is 3.21. The first-order valence-electron chi connectivity index (χ1n) is 6.97. The minimum atomic E-state index is -2.65. The molecule has 0 atom stereocenters. The summed E-state index contributed by atoms with van der Waals surface area (Å²) in [6.45, 7) is 1.67. The van der Waals surface area contributed by atoms with E-state index >= 15 is 0 Å². The Balaban J connectivity index is 2.25. The molecule has 0 N–H and O–H groups in total. The van der Waals surface area contributed by atoms with Crippen LogP contribution in [0.15, 0.2) is 40.9 Å². The maximum absolute atomic E-state index is 13.1. The lowest BCUT2D eigenvalue weighted by Gasteiger charge is -2.15. The normalized spacial score (nSPS) is 10.6. The van der Waals surface area contributed by atoms with Crippen molar-refractivity contribution in [3.63, 3.8) is 0 Å². The van der Waals surface area contributed by atoms with Crippen molar-refractivity contribution in [1.82, 2.24) is 0 Å². The molecule has 0 heterocycles. The number of carbonyl (C=O) groups excluding carboxylic acids is 1. The van der Waals surface area contributed by atoms with Gasteiger partial charge in [0.2, 0.25) is 0 Å². The molecule has 0 radical (unpaired) electrons. The third kappa shape index (κ3) is 4.44. The third-order valence-corrected chi connectivity index (χ3v) is 3.95. The van der Waals surface area contributed by atoms with Gasteiger partial charge in [0, 0.05) is 10.0 Å².